The predicted octanol–water partition coefficient (Wildman–Crippen LogP) is 2.95. The normalized spacial score (nSPS) is 12.5. The minimum atomic E-state index is -0.0386. The van der Waals surface area contributed by atoms with Crippen molar-refractivity contribution in [2.45, 2.75) is 37.0 Å². The third-order valence-electron chi connectivity index (χ3n) is 2.29. The van der Waals surface area contributed by atoms with Crippen molar-refractivity contribution in [2.24, 2.45) is 0 Å². The van der Waals surface area contributed by atoms with E-state index >= 15 is 0 Å². The van der Waals surface area contributed by atoms with Gasteiger partial charge in [-0.1, -0.05) is 26.0 Å². The molecule has 18 heavy (non-hydrogen) atoms. The monoisotopic (exact) mass is 267 g/mol. The Kier molecular flexibility index (Phi) is 6.22. The first-order valence-corrected chi connectivity index (χ1v) is 6.98. The molecule has 1 rings (SSSR count). The molecule has 3 nitrogen and oxygen atoms in total. The summed E-state index contributed by atoms with van der Waals surface area (Å²) in [5.74, 6) is -0.0386. The van der Waals surface area contributed by atoms with Crippen LogP contribution in [0.5, 0.6) is 0 Å². The van der Waals surface area contributed by atoms with Crippen LogP contribution in [-0.4, -0.2) is 30.9 Å². The lowest BCUT2D eigenvalue weighted by atomic mass is 10.2. The lowest BCUT2D eigenvalue weighted by molar-refractivity contribution is 0.0902. The van der Waals surface area contributed by atoms with Gasteiger partial charge in [-0.25, -0.2) is 0 Å². The number of hydrogen-bond acceptors (Lipinski definition) is 3. The molecule has 1 aromatic rings. The second kappa shape index (κ2) is 7.44. The number of carbonyl (C=O) groups is 1. The molecule has 0 radical (unpaired) electrons. The van der Waals surface area contributed by atoms with Crippen LogP contribution < -0.4 is 5.32 Å². The highest BCUT2D eigenvalue weighted by atomic mass is 32.2. The SMILES string of the molecule is COC[C@H](C)NC(=O)c1ccccc1SC(C)C. The fourth-order valence-corrected chi connectivity index (χ4v) is 2.56. The van der Waals surface area contributed by atoms with Crippen molar-refractivity contribution < 1.29 is 9.53 Å². The number of nitrogens with one attached hydrogen (secondary N) is 1. The van der Waals surface area contributed by atoms with Crippen LogP contribution >= 0.6 is 11.8 Å². The lowest BCUT2D eigenvalue weighted by Gasteiger charge is -2.15. The molecule has 4 heteroatoms. The summed E-state index contributed by atoms with van der Waals surface area (Å²) in [4.78, 5) is 13.2. The Hall–Kier alpha value is -1.00. The largest absolute Gasteiger partial charge is 0.383 e. The number of amides is 1. The van der Waals surface area contributed by atoms with Gasteiger partial charge in [0.1, 0.15) is 0 Å². The first-order valence-electron chi connectivity index (χ1n) is 6.10. The highest BCUT2D eigenvalue weighted by Crippen LogP contribution is 2.26. The summed E-state index contributed by atoms with van der Waals surface area (Å²) in [5.41, 5.74) is 0.735. The third-order valence-corrected chi connectivity index (χ3v) is 3.37. The molecule has 0 saturated heterocycles. The van der Waals surface area contributed by atoms with Gasteiger partial charge in [0.15, 0.2) is 0 Å². The zero-order valence-corrected chi connectivity index (χ0v) is 12.2. The van der Waals surface area contributed by atoms with Crippen LogP contribution in [0.3, 0.4) is 0 Å². The molecule has 0 aliphatic carbocycles. The molecule has 0 saturated carbocycles. The van der Waals surface area contributed by atoms with Crippen molar-refractivity contribution in [2.75, 3.05) is 13.7 Å². The number of hydrogen-bond donors (Lipinski definition) is 1. The molecule has 0 aliphatic rings. The van der Waals surface area contributed by atoms with Crippen molar-refractivity contribution in [1.82, 2.24) is 5.32 Å². The second-order valence-electron chi connectivity index (χ2n) is 4.49. The predicted molar refractivity (Wildman–Crippen MR) is 76.2 cm³/mol. The molecule has 1 aromatic carbocycles. The molecule has 0 fully saturated rings. The molecule has 0 unspecified atom stereocenters. The van der Waals surface area contributed by atoms with Gasteiger partial charge < -0.3 is 10.1 Å². The van der Waals surface area contributed by atoms with Crippen molar-refractivity contribution >= 4 is 17.7 Å². The van der Waals surface area contributed by atoms with E-state index in [4.69, 9.17) is 4.74 Å². The van der Waals surface area contributed by atoms with Crippen LogP contribution in [0.15, 0.2) is 29.2 Å². The number of carbonyl (C=O) groups excluding carboxylic acids is 1. The molecule has 1 N–H and O–H groups in total. The molecule has 0 aromatic heterocycles. The van der Waals surface area contributed by atoms with Crippen molar-refractivity contribution in [3.8, 4) is 0 Å². The van der Waals surface area contributed by atoms with E-state index in [0.29, 0.717) is 11.9 Å². The Morgan fingerprint density at radius 2 is 2.00 bits per heavy atom. The maximum atomic E-state index is 12.2. The van der Waals surface area contributed by atoms with Crippen LogP contribution in [-0.2, 0) is 4.74 Å². The first kappa shape index (κ1) is 15.1. The summed E-state index contributed by atoms with van der Waals surface area (Å²) in [7, 11) is 1.63. The van der Waals surface area contributed by atoms with Gasteiger partial charge in [-0.15, -0.1) is 11.8 Å². The van der Waals surface area contributed by atoms with E-state index in [0.717, 1.165) is 10.5 Å². The Bertz CT molecular complexity index is 393. The van der Waals surface area contributed by atoms with E-state index in [1.807, 2.05) is 31.2 Å². The summed E-state index contributed by atoms with van der Waals surface area (Å²) in [5, 5.41) is 3.39. The van der Waals surface area contributed by atoms with Gasteiger partial charge in [0.25, 0.3) is 5.91 Å². The fraction of sp³-hybridized carbons (Fsp3) is 0.500. The lowest BCUT2D eigenvalue weighted by Crippen LogP contribution is -2.35. The highest BCUT2D eigenvalue weighted by Gasteiger charge is 2.14. The Morgan fingerprint density at radius 1 is 1.33 bits per heavy atom. The highest BCUT2D eigenvalue weighted by molar-refractivity contribution is 8.00. The van der Waals surface area contributed by atoms with Crippen molar-refractivity contribution in [3.05, 3.63) is 29.8 Å². The number of benzene rings is 1. The summed E-state index contributed by atoms with van der Waals surface area (Å²) in [6.45, 7) is 6.69. The Labute approximate surface area is 113 Å². The zero-order chi connectivity index (χ0) is 13.5. The van der Waals surface area contributed by atoms with Gasteiger partial charge in [-0.3, -0.25) is 4.79 Å². The summed E-state index contributed by atoms with van der Waals surface area (Å²) in [6, 6.07) is 7.71. The topological polar surface area (TPSA) is 38.3 Å². The van der Waals surface area contributed by atoms with Crippen LogP contribution in [0.4, 0.5) is 0 Å². The molecule has 1 atom stereocenters. The molecule has 0 bridgehead atoms. The van der Waals surface area contributed by atoms with Gasteiger partial charge in [0.2, 0.25) is 0 Å². The quantitative estimate of drug-likeness (QED) is 0.805. The second-order valence-corrected chi connectivity index (χ2v) is 6.11. The van der Waals surface area contributed by atoms with Crippen molar-refractivity contribution in [1.29, 1.82) is 0 Å². The molecule has 0 heterocycles. The molecule has 0 aliphatic heterocycles. The maximum absolute atomic E-state index is 12.2. The first-order chi connectivity index (χ1) is 8.54. The van der Waals surface area contributed by atoms with E-state index < -0.39 is 0 Å². The average Bonchev–Trinajstić information content (AvgIpc) is 2.28. The van der Waals surface area contributed by atoms with Gasteiger partial charge in [0.05, 0.1) is 12.2 Å². The smallest absolute Gasteiger partial charge is 0.252 e. The van der Waals surface area contributed by atoms with E-state index in [1.165, 1.54) is 0 Å². The van der Waals surface area contributed by atoms with Crippen LogP contribution in [0.25, 0.3) is 0 Å². The number of methoxy groups -OCH3 is 1. The Balaban J connectivity index is 2.78. The molecule has 0 spiro atoms. The van der Waals surface area contributed by atoms with Gasteiger partial charge in [-0.05, 0) is 19.1 Å². The number of thioether (sulfide) groups is 1. The van der Waals surface area contributed by atoms with E-state index in [9.17, 15) is 4.79 Å². The third kappa shape index (κ3) is 4.70. The molecular formula is C14H21NO2S. The standard InChI is InChI=1S/C14H21NO2S/c1-10(2)18-13-8-6-5-7-12(13)14(16)15-11(3)9-17-4/h5-8,10-11H,9H2,1-4H3,(H,15,16)/t11-/m0/s1. The van der Waals surface area contributed by atoms with Gasteiger partial charge in [-0.2, -0.15) is 0 Å². The van der Waals surface area contributed by atoms with E-state index in [-0.39, 0.29) is 11.9 Å². The number of rotatable bonds is 6. The molecular weight excluding hydrogens is 246 g/mol. The summed E-state index contributed by atoms with van der Waals surface area (Å²) < 4.78 is 5.02. The van der Waals surface area contributed by atoms with Crippen molar-refractivity contribution in [3.63, 3.8) is 0 Å². The summed E-state index contributed by atoms with van der Waals surface area (Å²) in [6.07, 6.45) is 0. The minimum absolute atomic E-state index is 0.0135. The Morgan fingerprint density at radius 3 is 2.61 bits per heavy atom. The molecule has 1 amide bonds. The average molecular weight is 267 g/mol. The van der Waals surface area contributed by atoms with Crippen LogP contribution in [0, 0.1) is 0 Å². The van der Waals surface area contributed by atoms with E-state index in [2.05, 4.69) is 19.2 Å². The van der Waals surface area contributed by atoms with Gasteiger partial charge in [0, 0.05) is 23.3 Å². The molecule has 100 valence electrons. The zero-order valence-electron chi connectivity index (χ0n) is 11.4. The maximum Gasteiger partial charge on any atom is 0.252 e. The van der Waals surface area contributed by atoms with Crippen LogP contribution in [0.1, 0.15) is 31.1 Å². The van der Waals surface area contributed by atoms with E-state index in [1.54, 1.807) is 18.9 Å². The fourth-order valence-electron chi connectivity index (χ4n) is 1.60. The summed E-state index contributed by atoms with van der Waals surface area (Å²) >= 11 is 1.70. The number of ether oxygens (including phenoxy) is 1. The minimum Gasteiger partial charge on any atom is -0.383 e. The van der Waals surface area contributed by atoms with Gasteiger partial charge >= 0.3 is 0 Å². The van der Waals surface area contributed by atoms with Crippen LogP contribution in [0.2, 0.25) is 0 Å².